The van der Waals surface area contributed by atoms with Crippen LogP contribution in [0.25, 0.3) is 22.4 Å². The molecule has 0 bridgehead atoms. The first-order valence-corrected chi connectivity index (χ1v) is 9.13. The number of nitrogen functional groups attached to an aromatic ring is 1. The summed E-state index contributed by atoms with van der Waals surface area (Å²) in [5, 5.41) is 0. The molecule has 9 nitrogen and oxygen atoms in total. The zero-order valence-corrected chi connectivity index (χ0v) is 16.2. The van der Waals surface area contributed by atoms with E-state index in [1.807, 2.05) is 26.0 Å². The summed E-state index contributed by atoms with van der Waals surface area (Å²) in [4.78, 5) is 24.6. The van der Waals surface area contributed by atoms with Crippen molar-refractivity contribution in [1.82, 2.24) is 24.9 Å². The van der Waals surface area contributed by atoms with Crippen LogP contribution < -0.4 is 10.6 Å². The van der Waals surface area contributed by atoms with Crippen LogP contribution in [0.15, 0.2) is 24.5 Å². The summed E-state index contributed by atoms with van der Waals surface area (Å²) in [6, 6.07) is 3.89. The number of rotatable bonds is 4. The number of pyridine rings is 1. The summed E-state index contributed by atoms with van der Waals surface area (Å²) in [5.41, 5.74) is 8.11. The molecule has 0 aliphatic carbocycles. The molecule has 1 aliphatic rings. The molecule has 1 aliphatic heterocycles. The van der Waals surface area contributed by atoms with E-state index in [1.165, 1.54) is 0 Å². The fraction of sp³-hybridized carbons (Fsp3) is 0.421. The molecule has 0 radical (unpaired) electrons. The molecule has 0 atom stereocenters. The molecule has 4 rings (SSSR count). The van der Waals surface area contributed by atoms with Crippen LogP contribution in [0.5, 0.6) is 0 Å². The van der Waals surface area contributed by atoms with Crippen LogP contribution in [-0.2, 0) is 15.1 Å². The predicted molar refractivity (Wildman–Crippen MR) is 106 cm³/mol. The van der Waals surface area contributed by atoms with Gasteiger partial charge in [-0.15, -0.1) is 0 Å². The molecule has 0 unspecified atom stereocenters. The summed E-state index contributed by atoms with van der Waals surface area (Å²) in [6.07, 6.45) is 3.25. The Balaban J connectivity index is 1.90. The summed E-state index contributed by atoms with van der Waals surface area (Å²) >= 11 is 0. The lowest BCUT2D eigenvalue weighted by Crippen LogP contribution is -2.37. The van der Waals surface area contributed by atoms with Gasteiger partial charge < -0.3 is 20.1 Å². The number of methoxy groups -OCH3 is 1. The van der Waals surface area contributed by atoms with E-state index in [0.717, 1.165) is 35.6 Å². The van der Waals surface area contributed by atoms with Crippen LogP contribution in [0.1, 0.15) is 19.5 Å². The number of aromatic nitrogens is 5. The molecule has 9 heteroatoms. The number of nitrogens with zero attached hydrogens (tertiary/aromatic N) is 6. The molecular formula is C19H23N7O2. The van der Waals surface area contributed by atoms with Crippen molar-refractivity contribution in [2.75, 3.05) is 44.0 Å². The molecule has 3 aromatic heterocycles. The molecule has 3 aromatic rings. The van der Waals surface area contributed by atoms with Crippen molar-refractivity contribution in [3.63, 3.8) is 0 Å². The largest absolute Gasteiger partial charge is 0.378 e. The van der Waals surface area contributed by atoms with Crippen LogP contribution in [0.3, 0.4) is 0 Å². The van der Waals surface area contributed by atoms with Gasteiger partial charge in [-0.2, -0.15) is 0 Å². The zero-order valence-electron chi connectivity index (χ0n) is 16.2. The number of morpholine rings is 1. The van der Waals surface area contributed by atoms with E-state index >= 15 is 0 Å². The average molecular weight is 381 g/mol. The van der Waals surface area contributed by atoms with Gasteiger partial charge in [0.05, 0.1) is 30.0 Å². The molecular weight excluding hydrogens is 358 g/mol. The fourth-order valence-electron chi connectivity index (χ4n) is 3.02. The Morgan fingerprint density at radius 1 is 1.07 bits per heavy atom. The van der Waals surface area contributed by atoms with Gasteiger partial charge in [-0.1, -0.05) is 0 Å². The van der Waals surface area contributed by atoms with Crippen LogP contribution in [-0.4, -0.2) is 58.3 Å². The first-order valence-electron chi connectivity index (χ1n) is 9.13. The maximum absolute atomic E-state index is 5.61. The van der Waals surface area contributed by atoms with Crippen LogP contribution in [0.2, 0.25) is 0 Å². The Hall–Kier alpha value is -2.91. The SMILES string of the molecule is COC(C)(C)c1ccc2nc(-c3cnc(N)nc3)nc(N3CCOCC3)c2n1. The second-order valence-electron chi connectivity index (χ2n) is 7.08. The number of hydrogen-bond acceptors (Lipinski definition) is 9. The number of ether oxygens (including phenoxy) is 2. The highest BCUT2D eigenvalue weighted by atomic mass is 16.5. The van der Waals surface area contributed by atoms with Crippen LogP contribution in [0, 0.1) is 0 Å². The number of fused-ring (bicyclic) bond motifs is 1. The third kappa shape index (κ3) is 3.46. The molecule has 0 amide bonds. The van der Waals surface area contributed by atoms with E-state index in [-0.39, 0.29) is 5.95 Å². The maximum Gasteiger partial charge on any atom is 0.219 e. The van der Waals surface area contributed by atoms with Gasteiger partial charge in [0.1, 0.15) is 11.1 Å². The molecule has 0 aromatic carbocycles. The minimum atomic E-state index is -0.514. The highest BCUT2D eigenvalue weighted by Crippen LogP contribution is 2.30. The van der Waals surface area contributed by atoms with Gasteiger partial charge in [-0.05, 0) is 26.0 Å². The lowest BCUT2D eigenvalue weighted by atomic mass is 10.0. The lowest BCUT2D eigenvalue weighted by Gasteiger charge is -2.29. The average Bonchev–Trinajstić information content (AvgIpc) is 2.73. The van der Waals surface area contributed by atoms with Crippen molar-refractivity contribution in [1.29, 1.82) is 0 Å². The van der Waals surface area contributed by atoms with E-state index in [4.69, 9.17) is 25.2 Å². The molecule has 1 fully saturated rings. The highest BCUT2D eigenvalue weighted by Gasteiger charge is 2.24. The summed E-state index contributed by atoms with van der Waals surface area (Å²) in [6.45, 7) is 6.74. The van der Waals surface area contributed by atoms with Gasteiger partial charge in [0, 0.05) is 32.6 Å². The van der Waals surface area contributed by atoms with Crippen LogP contribution >= 0.6 is 0 Å². The Morgan fingerprint density at radius 2 is 1.79 bits per heavy atom. The minimum Gasteiger partial charge on any atom is -0.378 e. The third-order valence-corrected chi connectivity index (χ3v) is 4.89. The maximum atomic E-state index is 5.61. The predicted octanol–water partition coefficient (Wildman–Crippen LogP) is 1.78. The van der Waals surface area contributed by atoms with Crippen molar-refractivity contribution >= 4 is 22.8 Å². The second-order valence-corrected chi connectivity index (χ2v) is 7.08. The van der Waals surface area contributed by atoms with E-state index < -0.39 is 5.60 Å². The molecule has 0 saturated carbocycles. The van der Waals surface area contributed by atoms with Gasteiger partial charge >= 0.3 is 0 Å². The quantitative estimate of drug-likeness (QED) is 0.722. The van der Waals surface area contributed by atoms with E-state index in [2.05, 4.69) is 19.9 Å². The summed E-state index contributed by atoms with van der Waals surface area (Å²) in [7, 11) is 1.68. The van der Waals surface area contributed by atoms with Crippen molar-refractivity contribution in [2.45, 2.75) is 19.4 Å². The van der Waals surface area contributed by atoms with E-state index in [1.54, 1.807) is 19.5 Å². The van der Waals surface area contributed by atoms with E-state index in [9.17, 15) is 0 Å². The molecule has 1 saturated heterocycles. The first-order chi connectivity index (χ1) is 13.5. The number of anilines is 2. The molecule has 2 N–H and O–H groups in total. The van der Waals surface area contributed by atoms with Crippen molar-refractivity contribution in [2.24, 2.45) is 0 Å². The molecule has 28 heavy (non-hydrogen) atoms. The fourth-order valence-corrected chi connectivity index (χ4v) is 3.02. The van der Waals surface area contributed by atoms with Gasteiger partial charge in [-0.25, -0.2) is 24.9 Å². The smallest absolute Gasteiger partial charge is 0.219 e. The third-order valence-electron chi connectivity index (χ3n) is 4.89. The lowest BCUT2D eigenvalue weighted by molar-refractivity contribution is 0.0157. The Morgan fingerprint density at radius 3 is 2.46 bits per heavy atom. The Labute approximate surface area is 163 Å². The van der Waals surface area contributed by atoms with Crippen molar-refractivity contribution in [3.8, 4) is 11.4 Å². The molecule has 146 valence electrons. The minimum absolute atomic E-state index is 0.214. The second kappa shape index (κ2) is 7.25. The normalized spacial score (nSPS) is 15.2. The highest BCUT2D eigenvalue weighted by molar-refractivity contribution is 5.87. The monoisotopic (exact) mass is 381 g/mol. The number of hydrogen-bond donors (Lipinski definition) is 1. The topological polar surface area (TPSA) is 112 Å². The zero-order chi connectivity index (χ0) is 19.7. The summed E-state index contributed by atoms with van der Waals surface area (Å²) in [5.74, 6) is 1.52. The molecule has 4 heterocycles. The number of nitrogens with two attached hydrogens (primary N) is 1. The molecule has 0 spiro atoms. The van der Waals surface area contributed by atoms with Crippen molar-refractivity contribution in [3.05, 3.63) is 30.2 Å². The van der Waals surface area contributed by atoms with Crippen LogP contribution in [0.4, 0.5) is 11.8 Å². The Bertz CT molecular complexity index is 985. The van der Waals surface area contributed by atoms with Gasteiger partial charge in [0.25, 0.3) is 0 Å². The Kier molecular flexibility index (Phi) is 4.78. The first kappa shape index (κ1) is 18.5. The van der Waals surface area contributed by atoms with Gasteiger partial charge in [-0.3, -0.25) is 0 Å². The van der Waals surface area contributed by atoms with Gasteiger partial charge in [0.15, 0.2) is 11.6 Å². The summed E-state index contributed by atoms with van der Waals surface area (Å²) < 4.78 is 11.1. The standard InChI is InChI=1S/C19H23N7O2/c1-19(2,27-3)14-5-4-13-15(24-14)17(26-6-8-28-9-7-26)25-16(23-13)12-10-21-18(20)22-11-12/h4-5,10-11H,6-9H2,1-3H3,(H2,20,21,22). The van der Waals surface area contributed by atoms with Crippen molar-refractivity contribution < 1.29 is 9.47 Å². The van der Waals surface area contributed by atoms with Gasteiger partial charge in [0.2, 0.25) is 5.95 Å². The van der Waals surface area contributed by atoms with E-state index in [0.29, 0.717) is 24.6 Å².